The number of allylic oxidation sites excluding steroid dienone is 4. The highest BCUT2D eigenvalue weighted by molar-refractivity contribution is 5.96. The predicted octanol–water partition coefficient (Wildman–Crippen LogP) is 5.65. The van der Waals surface area contributed by atoms with Crippen LogP contribution in [0.4, 0.5) is 0 Å². The van der Waals surface area contributed by atoms with Crippen molar-refractivity contribution in [3.63, 3.8) is 0 Å². The van der Waals surface area contributed by atoms with Gasteiger partial charge in [-0.15, -0.1) is 0 Å². The molecule has 0 aromatic rings. The maximum Gasteiger partial charge on any atom is 0.153 e. The number of rotatable bonds is 6. The molecule has 2 rings (SSSR count). The number of ketones is 1. The highest BCUT2D eigenvalue weighted by atomic mass is 16.1. The summed E-state index contributed by atoms with van der Waals surface area (Å²) in [5.41, 5.74) is 0.934. The monoisotopic (exact) mass is 298 g/mol. The van der Waals surface area contributed by atoms with Crippen molar-refractivity contribution in [3.05, 3.63) is 49.6 Å². The molecule has 2 aliphatic rings. The van der Waals surface area contributed by atoms with Crippen molar-refractivity contribution in [2.24, 2.45) is 22.7 Å². The molecule has 0 saturated heterocycles. The Hall–Kier alpha value is -1.37. The summed E-state index contributed by atoms with van der Waals surface area (Å²) < 4.78 is 0. The first-order chi connectivity index (χ1) is 10.3. The molecule has 0 amide bonds. The van der Waals surface area contributed by atoms with Gasteiger partial charge in [0.25, 0.3) is 0 Å². The lowest BCUT2D eigenvalue weighted by atomic mass is 9.61. The molecule has 22 heavy (non-hydrogen) atoms. The van der Waals surface area contributed by atoms with Gasteiger partial charge in [-0.25, -0.2) is 0 Å². The molecule has 4 unspecified atom stereocenters. The molecule has 4 atom stereocenters. The maximum atomic E-state index is 13.8. The van der Waals surface area contributed by atoms with Crippen LogP contribution >= 0.6 is 0 Å². The molecule has 0 radical (unpaired) electrons. The minimum Gasteiger partial charge on any atom is -0.298 e. The Morgan fingerprint density at radius 2 is 1.27 bits per heavy atom. The maximum absolute atomic E-state index is 13.8. The van der Waals surface area contributed by atoms with E-state index in [4.69, 9.17) is 0 Å². The first-order valence-corrected chi connectivity index (χ1v) is 8.51. The molecule has 2 saturated carbocycles. The minimum atomic E-state index is -0.433. The van der Waals surface area contributed by atoms with Crippen molar-refractivity contribution in [1.29, 1.82) is 0 Å². The highest BCUT2D eigenvalue weighted by Crippen LogP contribution is 2.57. The van der Waals surface area contributed by atoms with Crippen LogP contribution in [-0.4, -0.2) is 5.78 Å². The third kappa shape index (κ3) is 2.45. The number of Topliss-reactive ketones (excluding diaryl/α,β-unsaturated/α-hetero) is 1. The lowest BCUT2D eigenvalue weighted by Crippen LogP contribution is -2.43. The summed E-state index contributed by atoms with van der Waals surface area (Å²) in [5.74, 6) is 1.46. The molecule has 1 nitrogen and oxygen atoms in total. The lowest BCUT2D eigenvalue weighted by molar-refractivity contribution is -0.134. The van der Waals surface area contributed by atoms with Crippen molar-refractivity contribution in [3.8, 4) is 0 Å². The van der Waals surface area contributed by atoms with Crippen LogP contribution in [0.25, 0.3) is 0 Å². The molecule has 1 heteroatoms. The third-order valence-electron chi connectivity index (χ3n) is 6.11. The van der Waals surface area contributed by atoms with Gasteiger partial charge >= 0.3 is 0 Å². The van der Waals surface area contributed by atoms with E-state index in [-0.39, 0.29) is 0 Å². The topological polar surface area (TPSA) is 17.1 Å². The molecule has 0 N–H and O–H groups in total. The average Bonchev–Trinajstić information content (AvgIpc) is 3.10. The molecule has 0 bridgehead atoms. The van der Waals surface area contributed by atoms with E-state index >= 15 is 0 Å². The molecule has 2 fully saturated rings. The van der Waals surface area contributed by atoms with E-state index in [2.05, 4.69) is 40.2 Å². The van der Waals surface area contributed by atoms with Gasteiger partial charge in [0.1, 0.15) is 0 Å². The molecule has 0 aromatic heterocycles. The molecular weight excluding hydrogens is 268 g/mol. The van der Waals surface area contributed by atoms with Crippen LogP contribution in [-0.2, 0) is 4.79 Å². The Labute approximate surface area is 135 Å². The summed E-state index contributed by atoms with van der Waals surface area (Å²) in [7, 11) is 0. The molecule has 0 aromatic carbocycles. The Kier molecular flexibility index (Phi) is 4.65. The normalized spacial score (nSPS) is 37.7. The van der Waals surface area contributed by atoms with Crippen LogP contribution in [0.15, 0.2) is 49.6 Å². The summed E-state index contributed by atoms with van der Waals surface area (Å²) in [5, 5.41) is 0. The Morgan fingerprint density at radius 1 is 0.909 bits per heavy atom. The summed E-state index contributed by atoms with van der Waals surface area (Å²) in [6.07, 6.45) is 9.36. The standard InChI is InChI=1S/C21H30O/c1-7-17(5)20(11-9-15(3)13-20)19(22)21(18(6)8-2)12-10-16(4)14-21/h7-8,15-16H,1-2,5-6,9-14H2,3-4H3. The van der Waals surface area contributed by atoms with Crippen molar-refractivity contribution in [2.75, 3.05) is 0 Å². The molecule has 0 spiro atoms. The zero-order valence-electron chi connectivity index (χ0n) is 14.3. The lowest BCUT2D eigenvalue weighted by Gasteiger charge is -2.39. The zero-order valence-corrected chi connectivity index (χ0v) is 14.3. The largest absolute Gasteiger partial charge is 0.298 e. The van der Waals surface area contributed by atoms with Gasteiger partial charge in [-0.3, -0.25) is 4.79 Å². The van der Waals surface area contributed by atoms with Gasteiger partial charge in [-0.05, 0) is 61.5 Å². The quantitative estimate of drug-likeness (QED) is 0.579. The van der Waals surface area contributed by atoms with E-state index in [1.807, 2.05) is 0 Å². The summed E-state index contributed by atoms with van der Waals surface area (Å²) in [6.45, 7) is 20.6. The fourth-order valence-corrected chi connectivity index (χ4v) is 4.72. The Morgan fingerprint density at radius 3 is 1.50 bits per heavy atom. The fourth-order valence-electron chi connectivity index (χ4n) is 4.72. The summed E-state index contributed by atoms with van der Waals surface area (Å²) in [6, 6.07) is 0. The van der Waals surface area contributed by atoms with Crippen molar-refractivity contribution in [2.45, 2.75) is 52.4 Å². The van der Waals surface area contributed by atoms with Gasteiger partial charge in [0.05, 0.1) is 10.8 Å². The molecule has 120 valence electrons. The Bertz CT molecular complexity index is 480. The van der Waals surface area contributed by atoms with E-state index in [1.165, 1.54) is 0 Å². The SMILES string of the molecule is C=CC(=C)C1(C(=O)C2(C(=C)C=C)CCC(C)C2)CCC(C)C1. The number of hydrogen-bond donors (Lipinski definition) is 0. The highest BCUT2D eigenvalue weighted by Gasteiger charge is 2.55. The van der Waals surface area contributed by atoms with Crippen LogP contribution in [0.3, 0.4) is 0 Å². The number of hydrogen-bond acceptors (Lipinski definition) is 1. The smallest absolute Gasteiger partial charge is 0.153 e. The van der Waals surface area contributed by atoms with Gasteiger partial charge in [0.15, 0.2) is 5.78 Å². The summed E-state index contributed by atoms with van der Waals surface area (Å²) >= 11 is 0. The minimum absolute atomic E-state index is 0.337. The van der Waals surface area contributed by atoms with Crippen molar-refractivity contribution >= 4 is 5.78 Å². The van der Waals surface area contributed by atoms with Crippen molar-refractivity contribution in [1.82, 2.24) is 0 Å². The van der Waals surface area contributed by atoms with E-state index in [9.17, 15) is 4.79 Å². The first-order valence-electron chi connectivity index (χ1n) is 8.51. The predicted molar refractivity (Wildman–Crippen MR) is 94.6 cm³/mol. The Balaban J connectivity index is 2.49. The van der Waals surface area contributed by atoms with E-state index in [0.717, 1.165) is 49.7 Å². The number of carbonyl (C=O) groups is 1. The molecule has 0 heterocycles. The summed E-state index contributed by atoms with van der Waals surface area (Å²) in [4.78, 5) is 13.8. The van der Waals surface area contributed by atoms with Gasteiger partial charge in [-0.1, -0.05) is 52.3 Å². The van der Waals surface area contributed by atoms with E-state index in [0.29, 0.717) is 17.6 Å². The molecular formula is C21H30O. The molecule has 2 aliphatic carbocycles. The van der Waals surface area contributed by atoms with Crippen LogP contribution in [0.5, 0.6) is 0 Å². The zero-order chi connectivity index (χ0) is 16.5. The number of carbonyl (C=O) groups excluding carboxylic acids is 1. The van der Waals surface area contributed by atoms with Crippen LogP contribution in [0.1, 0.15) is 52.4 Å². The van der Waals surface area contributed by atoms with Gasteiger partial charge in [-0.2, -0.15) is 0 Å². The second kappa shape index (κ2) is 6.02. The van der Waals surface area contributed by atoms with E-state index in [1.54, 1.807) is 12.2 Å². The van der Waals surface area contributed by atoms with Crippen LogP contribution < -0.4 is 0 Å². The second-order valence-corrected chi connectivity index (χ2v) is 7.65. The van der Waals surface area contributed by atoms with Crippen molar-refractivity contribution < 1.29 is 4.79 Å². The third-order valence-corrected chi connectivity index (χ3v) is 6.11. The van der Waals surface area contributed by atoms with Crippen LogP contribution in [0, 0.1) is 22.7 Å². The van der Waals surface area contributed by atoms with Gasteiger partial charge in [0, 0.05) is 0 Å². The average molecular weight is 298 g/mol. The van der Waals surface area contributed by atoms with Gasteiger partial charge < -0.3 is 0 Å². The van der Waals surface area contributed by atoms with Crippen LogP contribution in [0.2, 0.25) is 0 Å². The van der Waals surface area contributed by atoms with Gasteiger partial charge in [0.2, 0.25) is 0 Å². The fraction of sp³-hybridized carbons (Fsp3) is 0.571. The van der Waals surface area contributed by atoms with E-state index < -0.39 is 10.8 Å². The second-order valence-electron chi connectivity index (χ2n) is 7.65. The first kappa shape index (κ1) is 17.0. The molecule has 0 aliphatic heterocycles.